The first-order valence-corrected chi connectivity index (χ1v) is 19.6. The number of furan rings is 1. The predicted molar refractivity (Wildman–Crippen MR) is 238 cm³/mol. The molecule has 0 amide bonds. The van der Waals surface area contributed by atoms with Crippen LogP contribution in [0.1, 0.15) is 11.1 Å². The van der Waals surface area contributed by atoms with E-state index >= 15 is 0 Å². The van der Waals surface area contributed by atoms with Gasteiger partial charge in [0.25, 0.3) is 0 Å². The van der Waals surface area contributed by atoms with Crippen molar-refractivity contribution >= 4 is 43.7 Å². The van der Waals surface area contributed by atoms with Gasteiger partial charge in [0.2, 0.25) is 0 Å². The van der Waals surface area contributed by atoms with Crippen molar-refractivity contribution < 1.29 is 4.42 Å². The molecule has 3 aromatic heterocycles. The molecule has 58 heavy (non-hydrogen) atoms. The number of aromatic nitrogens is 4. The minimum atomic E-state index is 0.582. The lowest BCUT2D eigenvalue weighted by Gasteiger charge is -2.12. The van der Waals surface area contributed by atoms with E-state index in [2.05, 4.69) is 164 Å². The minimum Gasteiger partial charge on any atom is -0.455 e. The van der Waals surface area contributed by atoms with Gasteiger partial charge in [0.15, 0.2) is 17.5 Å². The number of benzene rings is 8. The Balaban J connectivity index is 1.17. The van der Waals surface area contributed by atoms with Gasteiger partial charge >= 0.3 is 0 Å². The number of nitrogens with zero attached hydrogens (tertiary/aromatic N) is 4. The lowest BCUT2D eigenvalue weighted by Crippen LogP contribution is -2.01. The number of hydrogen-bond acceptors (Lipinski definition) is 4. The third kappa shape index (κ3) is 5.67. The molecule has 0 radical (unpaired) electrons. The molecule has 0 bridgehead atoms. The number of aryl methyl sites for hydroxylation is 2. The smallest absolute Gasteiger partial charge is 0.164 e. The lowest BCUT2D eigenvalue weighted by atomic mass is 9.95. The molecule has 11 aromatic rings. The van der Waals surface area contributed by atoms with Crippen LogP contribution in [0.4, 0.5) is 0 Å². The molecule has 5 nitrogen and oxygen atoms in total. The zero-order valence-electron chi connectivity index (χ0n) is 32.0. The van der Waals surface area contributed by atoms with E-state index in [0.29, 0.717) is 17.5 Å². The molecule has 0 fully saturated rings. The monoisotopic (exact) mass is 744 g/mol. The molecule has 0 saturated carbocycles. The number of para-hydroxylation sites is 1. The second kappa shape index (κ2) is 13.5. The van der Waals surface area contributed by atoms with Crippen molar-refractivity contribution in [2.24, 2.45) is 0 Å². The van der Waals surface area contributed by atoms with Gasteiger partial charge in [0.1, 0.15) is 11.2 Å². The van der Waals surface area contributed by atoms with E-state index in [9.17, 15) is 0 Å². The van der Waals surface area contributed by atoms with Gasteiger partial charge in [-0.05, 0) is 84.1 Å². The number of rotatable bonds is 6. The first-order chi connectivity index (χ1) is 28.6. The van der Waals surface area contributed by atoms with Crippen LogP contribution in [0.2, 0.25) is 0 Å². The van der Waals surface area contributed by atoms with Crippen LogP contribution in [-0.4, -0.2) is 19.5 Å². The minimum absolute atomic E-state index is 0.582. The molecule has 274 valence electrons. The molecule has 8 aromatic carbocycles. The van der Waals surface area contributed by atoms with Crippen molar-refractivity contribution in [1.82, 2.24) is 19.5 Å². The third-order valence-corrected chi connectivity index (χ3v) is 11.1. The summed E-state index contributed by atoms with van der Waals surface area (Å²) in [6, 6.07) is 63.7. The Labute approximate surface area is 335 Å². The van der Waals surface area contributed by atoms with Gasteiger partial charge in [0.05, 0.1) is 11.0 Å². The van der Waals surface area contributed by atoms with Gasteiger partial charge in [-0.1, -0.05) is 140 Å². The van der Waals surface area contributed by atoms with E-state index in [1.54, 1.807) is 0 Å². The third-order valence-electron chi connectivity index (χ3n) is 11.1. The summed E-state index contributed by atoms with van der Waals surface area (Å²) in [5.74, 6) is 1.79. The van der Waals surface area contributed by atoms with Gasteiger partial charge in [-0.15, -0.1) is 0 Å². The Morgan fingerprint density at radius 2 is 1.02 bits per heavy atom. The van der Waals surface area contributed by atoms with Crippen LogP contribution >= 0.6 is 0 Å². The second-order valence-electron chi connectivity index (χ2n) is 15.0. The molecular formula is C53H36N4O. The fraction of sp³-hybridized carbons (Fsp3) is 0.0377. The first kappa shape index (κ1) is 33.7. The van der Waals surface area contributed by atoms with E-state index in [1.165, 1.54) is 21.9 Å². The van der Waals surface area contributed by atoms with Gasteiger partial charge in [0, 0.05) is 49.5 Å². The Bertz CT molecular complexity index is 3330. The zero-order chi connectivity index (χ0) is 38.7. The van der Waals surface area contributed by atoms with Crippen LogP contribution in [0, 0.1) is 13.8 Å². The van der Waals surface area contributed by atoms with Crippen LogP contribution in [0.3, 0.4) is 0 Å². The van der Waals surface area contributed by atoms with E-state index in [1.807, 2.05) is 36.4 Å². The maximum atomic E-state index is 6.80. The Hall–Kier alpha value is -7.63. The highest BCUT2D eigenvalue weighted by Gasteiger charge is 2.22. The number of fused-ring (bicyclic) bond motifs is 6. The van der Waals surface area contributed by atoms with E-state index in [4.69, 9.17) is 19.4 Å². The maximum absolute atomic E-state index is 6.80. The van der Waals surface area contributed by atoms with Crippen LogP contribution in [0.5, 0.6) is 0 Å². The molecule has 0 aliphatic carbocycles. The highest BCUT2D eigenvalue weighted by molar-refractivity contribution is 6.16. The summed E-state index contributed by atoms with van der Waals surface area (Å²) in [5, 5.41) is 4.35. The summed E-state index contributed by atoms with van der Waals surface area (Å²) < 4.78 is 9.16. The predicted octanol–water partition coefficient (Wildman–Crippen LogP) is 13.8. The molecule has 0 aliphatic rings. The molecule has 0 aliphatic heterocycles. The lowest BCUT2D eigenvalue weighted by molar-refractivity contribution is 0.670. The Kier molecular flexibility index (Phi) is 7.86. The maximum Gasteiger partial charge on any atom is 0.164 e. The molecule has 11 rings (SSSR count). The van der Waals surface area contributed by atoms with Crippen LogP contribution < -0.4 is 0 Å². The standard InChI is InChI=1S/C53H36N4O/c1-33-27-34(2)29-40(28-33)57-46-23-13-12-21-41(46)42-26-25-38(32-47(42)57)52-54-51(37-19-10-5-11-20-37)55-53(56-52)43-22-14-24-48-49(43)45-31-39(35-15-6-3-7-16-35)30-44(50(45)58-48)36-17-8-4-9-18-36/h3-32H,1-2H3. The van der Waals surface area contributed by atoms with E-state index in [0.717, 1.165) is 77.6 Å². The summed E-state index contributed by atoms with van der Waals surface area (Å²) in [6.45, 7) is 4.31. The summed E-state index contributed by atoms with van der Waals surface area (Å²) in [7, 11) is 0. The average molecular weight is 745 g/mol. The van der Waals surface area contributed by atoms with Crippen molar-refractivity contribution in [2.45, 2.75) is 13.8 Å². The van der Waals surface area contributed by atoms with Gasteiger partial charge < -0.3 is 8.98 Å². The van der Waals surface area contributed by atoms with Crippen molar-refractivity contribution in [3.05, 3.63) is 193 Å². The highest BCUT2D eigenvalue weighted by Crippen LogP contribution is 2.43. The fourth-order valence-corrected chi connectivity index (χ4v) is 8.55. The molecule has 0 N–H and O–H groups in total. The van der Waals surface area contributed by atoms with Crippen molar-refractivity contribution in [2.75, 3.05) is 0 Å². The Morgan fingerprint density at radius 3 is 1.76 bits per heavy atom. The summed E-state index contributed by atoms with van der Waals surface area (Å²) in [5.41, 5.74) is 14.5. The van der Waals surface area contributed by atoms with Gasteiger partial charge in [-0.2, -0.15) is 0 Å². The van der Waals surface area contributed by atoms with Crippen LogP contribution in [-0.2, 0) is 0 Å². The molecular weight excluding hydrogens is 709 g/mol. The van der Waals surface area contributed by atoms with Crippen molar-refractivity contribution in [3.8, 4) is 62.1 Å². The number of hydrogen-bond donors (Lipinski definition) is 0. The topological polar surface area (TPSA) is 56.7 Å². The second-order valence-corrected chi connectivity index (χ2v) is 15.0. The fourth-order valence-electron chi connectivity index (χ4n) is 8.55. The largest absolute Gasteiger partial charge is 0.455 e. The Morgan fingerprint density at radius 1 is 0.397 bits per heavy atom. The molecule has 3 heterocycles. The normalized spacial score (nSPS) is 11.6. The SMILES string of the molecule is Cc1cc(C)cc(-n2c3ccccc3c3ccc(-c4nc(-c5ccccc5)nc(-c5cccc6oc7c(-c8ccccc8)cc(-c8ccccc8)cc7c56)n4)cc32)c1. The molecule has 0 spiro atoms. The average Bonchev–Trinajstić information content (AvgIpc) is 3.82. The summed E-state index contributed by atoms with van der Waals surface area (Å²) in [4.78, 5) is 15.7. The van der Waals surface area contributed by atoms with Gasteiger partial charge in [-0.3, -0.25) is 0 Å². The first-order valence-electron chi connectivity index (χ1n) is 19.6. The zero-order valence-corrected chi connectivity index (χ0v) is 32.0. The molecule has 5 heteroatoms. The van der Waals surface area contributed by atoms with Crippen molar-refractivity contribution in [3.63, 3.8) is 0 Å². The molecule has 0 atom stereocenters. The van der Waals surface area contributed by atoms with Gasteiger partial charge in [-0.25, -0.2) is 15.0 Å². The summed E-state index contributed by atoms with van der Waals surface area (Å²) >= 11 is 0. The van der Waals surface area contributed by atoms with Crippen LogP contribution in [0.25, 0.3) is 106 Å². The molecule has 0 saturated heterocycles. The summed E-state index contributed by atoms with van der Waals surface area (Å²) in [6.07, 6.45) is 0. The highest BCUT2D eigenvalue weighted by atomic mass is 16.3. The molecule has 0 unspecified atom stereocenters. The van der Waals surface area contributed by atoms with Crippen molar-refractivity contribution in [1.29, 1.82) is 0 Å². The van der Waals surface area contributed by atoms with E-state index in [-0.39, 0.29) is 0 Å². The quantitative estimate of drug-likeness (QED) is 0.170. The van der Waals surface area contributed by atoms with Crippen LogP contribution in [0.15, 0.2) is 186 Å². The van der Waals surface area contributed by atoms with E-state index < -0.39 is 0 Å².